The monoisotopic (exact) mass is 387 g/mol. The highest BCUT2D eigenvalue weighted by atomic mass is 28.1. The Hall–Kier alpha value is -2.67. The molecule has 6 nitrogen and oxygen atoms in total. The van der Waals surface area contributed by atoms with Crippen LogP contribution < -0.4 is 28.9 Å². The van der Waals surface area contributed by atoms with Crippen molar-refractivity contribution in [2.75, 3.05) is 35.5 Å². The van der Waals surface area contributed by atoms with Gasteiger partial charge in [-0.15, -0.1) is 0 Å². The van der Waals surface area contributed by atoms with Gasteiger partial charge in [0.15, 0.2) is 28.8 Å². The van der Waals surface area contributed by atoms with E-state index in [1.54, 1.807) is 20.3 Å². The maximum atomic E-state index is 12.9. The van der Waals surface area contributed by atoms with Crippen LogP contribution in [0, 0.1) is 0 Å². The summed E-state index contributed by atoms with van der Waals surface area (Å²) in [6.07, 6.45) is 0.834. The minimum atomic E-state index is -0.0763. The second kappa shape index (κ2) is 9.32. The fourth-order valence-electron chi connectivity index (χ4n) is 2.85. The van der Waals surface area contributed by atoms with Gasteiger partial charge in [0.25, 0.3) is 0 Å². The van der Waals surface area contributed by atoms with Crippen LogP contribution in [-0.4, -0.2) is 51.6 Å². The summed E-state index contributed by atoms with van der Waals surface area (Å²) >= 11 is 0. The van der Waals surface area contributed by atoms with Crippen molar-refractivity contribution in [3.8, 4) is 28.7 Å². The number of ketones is 1. The van der Waals surface area contributed by atoms with Crippen molar-refractivity contribution in [1.82, 2.24) is 0 Å². The van der Waals surface area contributed by atoms with Crippen molar-refractivity contribution >= 4 is 21.2 Å². The molecular formula is C20H23O6Si. The van der Waals surface area contributed by atoms with E-state index in [0.29, 0.717) is 52.3 Å². The number of carbonyl (C=O) groups is 1. The highest BCUT2D eigenvalue weighted by molar-refractivity contribution is 6.37. The fourth-order valence-corrected chi connectivity index (χ4v) is 3.24. The predicted octanol–water partition coefficient (Wildman–Crippen LogP) is 2.34. The van der Waals surface area contributed by atoms with E-state index in [1.165, 1.54) is 21.3 Å². The van der Waals surface area contributed by atoms with Gasteiger partial charge in [-0.25, -0.2) is 0 Å². The van der Waals surface area contributed by atoms with Gasteiger partial charge < -0.3 is 23.7 Å². The van der Waals surface area contributed by atoms with Crippen LogP contribution in [0.1, 0.15) is 22.3 Å². The van der Waals surface area contributed by atoms with Gasteiger partial charge in [0, 0.05) is 6.42 Å². The molecule has 0 fully saturated rings. The van der Waals surface area contributed by atoms with Gasteiger partial charge in [0.2, 0.25) is 5.75 Å². The predicted molar refractivity (Wildman–Crippen MR) is 104 cm³/mol. The maximum absolute atomic E-state index is 12.9. The summed E-state index contributed by atoms with van der Waals surface area (Å²) in [6, 6.07) is 7.30. The molecule has 0 amide bonds. The molecule has 3 radical (unpaired) electrons. The Morgan fingerprint density at radius 1 is 0.815 bits per heavy atom. The molecule has 0 atom stereocenters. The van der Waals surface area contributed by atoms with Gasteiger partial charge in [-0.2, -0.15) is 0 Å². The lowest BCUT2D eigenvalue weighted by Gasteiger charge is -2.17. The number of benzene rings is 2. The van der Waals surface area contributed by atoms with Crippen LogP contribution in [0.3, 0.4) is 0 Å². The van der Waals surface area contributed by atoms with Crippen LogP contribution in [0.15, 0.2) is 24.3 Å². The molecule has 27 heavy (non-hydrogen) atoms. The second-order valence-corrected chi connectivity index (χ2v) is 6.22. The molecule has 2 aromatic rings. The lowest BCUT2D eigenvalue weighted by molar-refractivity contribution is 0.0980. The van der Waals surface area contributed by atoms with E-state index in [0.717, 1.165) is 5.56 Å². The van der Waals surface area contributed by atoms with Gasteiger partial charge in [0.1, 0.15) is 0 Å². The number of hydrogen-bond acceptors (Lipinski definition) is 6. The minimum Gasteiger partial charge on any atom is -0.493 e. The van der Waals surface area contributed by atoms with Crippen LogP contribution in [0.4, 0.5) is 0 Å². The number of ether oxygens (including phenoxy) is 5. The first-order chi connectivity index (χ1) is 13.0. The third-order valence-corrected chi connectivity index (χ3v) is 4.59. The van der Waals surface area contributed by atoms with E-state index < -0.39 is 0 Å². The zero-order chi connectivity index (χ0) is 20.0. The Labute approximate surface area is 162 Å². The van der Waals surface area contributed by atoms with E-state index in [2.05, 4.69) is 10.2 Å². The Balaban J connectivity index is 2.28. The van der Waals surface area contributed by atoms with Crippen LogP contribution >= 0.6 is 0 Å². The third kappa shape index (κ3) is 4.36. The van der Waals surface area contributed by atoms with Gasteiger partial charge in [-0.1, -0.05) is 6.07 Å². The van der Waals surface area contributed by atoms with Crippen molar-refractivity contribution < 1.29 is 28.5 Å². The highest BCUT2D eigenvalue weighted by Gasteiger charge is 2.23. The molecule has 0 aliphatic rings. The Morgan fingerprint density at radius 2 is 1.44 bits per heavy atom. The first kappa shape index (κ1) is 20.6. The topological polar surface area (TPSA) is 63.2 Å². The van der Waals surface area contributed by atoms with E-state index in [4.69, 9.17) is 23.7 Å². The molecule has 0 saturated carbocycles. The van der Waals surface area contributed by atoms with Crippen molar-refractivity contribution in [1.29, 1.82) is 0 Å². The summed E-state index contributed by atoms with van der Waals surface area (Å²) in [6.45, 7) is 0. The molecule has 7 heteroatoms. The number of carbonyl (C=O) groups excluding carboxylic acids is 1. The molecule has 2 rings (SSSR count). The zero-order valence-electron chi connectivity index (χ0n) is 16.2. The molecule has 0 spiro atoms. The van der Waals surface area contributed by atoms with E-state index >= 15 is 0 Å². The molecule has 0 saturated heterocycles. The average Bonchev–Trinajstić information content (AvgIpc) is 2.70. The quantitative estimate of drug-likeness (QED) is 0.486. The fraction of sp³-hybridized carbons (Fsp3) is 0.350. The van der Waals surface area contributed by atoms with Crippen molar-refractivity contribution in [3.63, 3.8) is 0 Å². The molecule has 2 aromatic carbocycles. The maximum Gasteiger partial charge on any atom is 0.204 e. The minimum absolute atomic E-state index is 0.0763. The SMILES string of the molecule is COc1ccc(CCC(=O)c2c([Si])cc(OC)c(OC)c2OC)cc1OC. The standard InChI is InChI=1S/C20H23O6Si/c1-22-14-9-7-12(10-15(14)23-2)6-8-13(21)18-17(27)11-16(24-3)19(25-4)20(18)26-5/h7,9-11H,6,8H2,1-5H3. The van der Waals surface area contributed by atoms with Crippen LogP contribution in [0.2, 0.25) is 0 Å². The zero-order valence-corrected chi connectivity index (χ0v) is 17.2. The molecule has 0 aliphatic carbocycles. The normalized spacial score (nSPS) is 10.3. The summed E-state index contributed by atoms with van der Waals surface area (Å²) in [5.41, 5.74) is 1.39. The van der Waals surface area contributed by atoms with Gasteiger partial charge >= 0.3 is 0 Å². The summed E-state index contributed by atoms with van der Waals surface area (Å²) in [5, 5.41) is 0.585. The molecule has 0 aromatic heterocycles. The lowest BCUT2D eigenvalue weighted by atomic mass is 10.0. The summed E-state index contributed by atoms with van der Waals surface area (Å²) in [4.78, 5) is 12.9. The number of Topliss-reactive ketones (excluding diaryl/α,β-unsaturated/α-hetero) is 1. The van der Waals surface area contributed by atoms with Crippen LogP contribution in [-0.2, 0) is 6.42 Å². The molecule has 0 unspecified atom stereocenters. The summed E-state index contributed by atoms with van der Waals surface area (Å²) in [7, 11) is 11.2. The molecule has 143 valence electrons. The van der Waals surface area contributed by atoms with Gasteiger partial charge in [-0.05, 0) is 35.4 Å². The van der Waals surface area contributed by atoms with Crippen LogP contribution in [0.5, 0.6) is 28.7 Å². The summed E-state index contributed by atoms with van der Waals surface area (Å²) < 4.78 is 26.7. The number of hydrogen-bond donors (Lipinski definition) is 0. The number of methoxy groups -OCH3 is 5. The smallest absolute Gasteiger partial charge is 0.204 e. The molecule has 0 heterocycles. The first-order valence-corrected chi connectivity index (χ1v) is 8.79. The van der Waals surface area contributed by atoms with Crippen molar-refractivity contribution in [2.24, 2.45) is 0 Å². The Kier molecular flexibility index (Phi) is 7.12. The third-order valence-electron chi connectivity index (χ3n) is 4.20. The average molecular weight is 387 g/mol. The molecule has 0 bridgehead atoms. The molecule has 0 N–H and O–H groups in total. The van der Waals surface area contributed by atoms with Crippen LogP contribution in [0.25, 0.3) is 0 Å². The van der Waals surface area contributed by atoms with Crippen molar-refractivity contribution in [3.05, 3.63) is 35.4 Å². The van der Waals surface area contributed by atoms with E-state index in [1.807, 2.05) is 18.2 Å². The molecular weight excluding hydrogens is 364 g/mol. The molecule has 0 aliphatic heterocycles. The van der Waals surface area contributed by atoms with Crippen molar-refractivity contribution in [2.45, 2.75) is 12.8 Å². The highest BCUT2D eigenvalue weighted by Crippen LogP contribution is 2.39. The van der Waals surface area contributed by atoms with Gasteiger partial charge in [0.05, 0.1) is 51.4 Å². The summed E-state index contributed by atoms with van der Waals surface area (Å²) in [5.74, 6) is 2.42. The van der Waals surface area contributed by atoms with E-state index in [-0.39, 0.29) is 5.78 Å². The van der Waals surface area contributed by atoms with Gasteiger partial charge in [-0.3, -0.25) is 4.79 Å². The Bertz CT molecular complexity index is 819. The first-order valence-electron chi connectivity index (χ1n) is 8.29. The second-order valence-electron chi connectivity index (χ2n) is 5.68. The number of aryl methyl sites for hydroxylation is 1. The number of rotatable bonds is 9. The largest absolute Gasteiger partial charge is 0.493 e. The lowest BCUT2D eigenvalue weighted by Crippen LogP contribution is -2.19. The Morgan fingerprint density at radius 3 is 2.00 bits per heavy atom. The van der Waals surface area contributed by atoms with E-state index in [9.17, 15) is 4.79 Å².